The Hall–Kier alpha value is -2.17. The van der Waals surface area contributed by atoms with E-state index in [0.29, 0.717) is 0 Å². The molecule has 0 fully saturated rings. The minimum absolute atomic E-state index is 0.748. The van der Waals surface area contributed by atoms with E-state index >= 15 is 0 Å². The van der Waals surface area contributed by atoms with Gasteiger partial charge in [0.05, 0.1) is 5.70 Å². The Morgan fingerprint density at radius 1 is 1.36 bits per heavy atom. The zero-order valence-corrected chi connectivity index (χ0v) is 7.46. The minimum Gasteiger partial charge on any atom is -0.292 e. The van der Waals surface area contributed by atoms with Gasteiger partial charge in [-0.1, -0.05) is 6.58 Å². The van der Waals surface area contributed by atoms with E-state index in [1.54, 1.807) is 29.7 Å². The molecule has 0 saturated heterocycles. The van der Waals surface area contributed by atoms with Crippen molar-refractivity contribution in [3.05, 3.63) is 49.3 Å². The van der Waals surface area contributed by atoms with Gasteiger partial charge in [-0.3, -0.25) is 10.4 Å². The number of aromatic nitrogens is 4. The molecule has 14 heavy (non-hydrogen) atoms. The third-order valence-electron chi connectivity index (χ3n) is 1.69. The molecular weight excluding hydrogens is 178 g/mol. The molecule has 2 rings (SSSR count). The second-order valence-corrected chi connectivity index (χ2v) is 2.70. The molecule has 70 valence electrons. The molecule has 0 saturated carbocycles. The summed E-state index contributed by atoms with van der Waals surface area (Å²) in [5, 5.41) is 7.33. The van der Waals surface area contributed by atoms with Crippen molar-refractivity contribution in [2.45, 2.75) is 0 Å². The average Bonchev–Trinajstić information content (AvgIpc) is 2.72. The van der Waals surface area contributed by atoms with Crippen LogP contribution in [0.3, 0.4) is 0 Å². The molecular formula is C9H9N5. The van der Waals surface area contributed by atoms with Gasteiger partial charge in [0.1, 0.15) is 12.7 Å². The van der Waals surface area contributed by atoms with Gasteiger partial charge >= 0.3 is 0 Å². The first-order valence-electron chi connectivity index (χ1n) is 4.07. The van der Waals surface area contributed by atoms with E-state index in [-0.39, 0.29) is 0 Å². The van der Waals surface area contributed by atoms with Gasteiger partial charge in [0.15, 0.2) is 0 Å². The van der Waals surface area contributed by atoms with Crippen LogP contribution in [0.2, 0.25) is 0 Å². The second-order valence-electron chi connectivity index (χ2n) is 2.70. The van der Waals surface area contributed by atoms with Crippen molar-refractivity contribution in [3.63, 3.8) is 0 Å². The van der Waals surface area contributed by atoms with E-state index in [4.69, 9.17) is 0 Å². The zero-order chi connectivity index (χ0) is 9.80. The van der Waals surface area contributed by atoms with Crippen LogP contribution in [0.4, 0.5) is 0 Å². The fourth-order valence-corrected chi connectivity index (χ4v) is 1.02. The average molecular weight is 187 g/mol. The van der Waals surface area contributed by atoms with Gasteiger partial charge in [0.25, 0.3) is 0 Å². The highest BCUT2D eigenvalue weighted by Crippen LogP contribution is 2.07. The van der Waals surface area contributed by atoms with E-state index in [1.807, 2.05) is 12.1 Å². The maximum absolute atomic E-state index is 3.99. The number of nitrogens with one attached hydrogen (secondary N) is 1. The lowest BCUT2D eigenvalue weighted by atomic mass is 10.2. The van der Waals surface area contributed by atoms with Gasteiger partial charge in [-0.15, -0.1) is 10.2 Å². The Kier molecular flexibility index (Phi) is 2.22. The molecule has 2 aromatic heterocycles. The Balaban J connectivity index is 2.11. The third-order valence-corrected chi connectivity index (χ3v) is 1.69. The van der Waals surface area contributed by atoms with Gasteiger partial charge in [0.2, 0.25) is 0 Å². The van der Waals surface area contributed by atoms with E-state index < -0.39 is 0 Å². The lowest BCUT2D eigenvalue weighted by Crippen LogP contribution is -2.10. The topological polar surface area (TPSA) is 55.6 Å². The maximum atomic E-state index is 3.99. The van der Waals surface area contributed by atoms with Crippen LogP contribution in [0.15, 0.2) is 43.8 Å². The summed E-state index contributed by atoms with van der Waals surface area (Å²) in [5.41, 5.74) is 4.68. The van der Waals surface area contributed by atoms with Crippen LogP contribution in [-0.4, -0.2) is 19.9 Å². The third kappa shape index (κ3) is 1.77. The fraction of sp³-hybridized carbons (Fsp3) is 0. The molecule has 0 spiro atoms. The molecule has 0 unspecified atom stereocenters. The number of pyridine rings is 1. The molecule has 2 aromatic rings. The summed E-state index contributed by atoms with van der Waals surface area (Å²) in [6, 6.07) is 3.78. The second kappa shape index (κ2) is 3.69. The van der Waals surface area contributed by atoms with Gasteiger partial charge < -0.3 is 0 Å². The molecule has 2 heterocycles. The molecule has 1 N–H and O–H groups in total. The normalized spacial score (nSPS) is 9.71. The molecule has 0 aliphatic rings. The molecule has 0 bridgehead atoms. The molecule has 5 nitrogen and oxygen atoms in total. The largest absolute Gasteiger partial charge is 0.292 e. The Labute approximate surface area is 81.1 Å². The van der Waals surface area contributed by atoms with Gasteiger partial charge in [-0.05, 0) is 12.1 Å². The van der Waals surface area contributed by atoms with Crippen LogP contribution in [0.5, 0.6) is 0 Å². The van der Waals surface area contributed by atoms with Crippen LogP contribution in [0.1, 0.15) is 5.56 Å². The molecule has 0 aromatic carbocycles. The quantitative estimate of drug-likeness (QED) is 0.775. The van der Waals surface area contributed by atoms with Crippen molar-refractivity contribution in [2.75, 3.05) is 5.43 Å². The summed E-state index contributed by atoms with van der Waals surface area (Å²) in [6.45, 7) is 3.87. The summed E-state index contributed by atoms with van der Waals surface area (Å²) in [4.78, 5) is 3.99. The molecule has 0 atom stereocenters. The molecule has 0 amide bonds. The summed E-state index contributed by atoms with van der Waals surface area (Å²) in [5.74, 6) is 0. The first-order valence-corrected chi connectivity index (χ1v) is 4.07. The van der Waals surface area contributed by atoms with Crippen molar-refractivity contribution in [2.24, 2.45) is 0 Å². The van der Waals surface area contributed by atoms with Gasteiger partial charge in [-0.25, -0.2) is 4.68 Å². The molecule has 0 radical (unpaired) electrons. The van der Waals surface area contributed by atoms with Crippen LogP contribution in [-0.2, 0) is 0 Å². The van der Waals surface area contributed by atoms with Crippen molar-refractivity contribution in [3.8, 4) is 0 Å². The smallest absolute Gasteiger partial charge is 0.139 e. The first-order chi connectivity index (χ1) is 6.86. The SMILES string of the molecule is C=C(Nn1cnnc1)c1cccnc1. The number of hydrogen-bond acceptors (Lipinski definition) is 4. The van der Waals surface area contributed by atoms with E-state index in [1.165, 1.54) is 0 Å². The van der Waals surface area contributed by atoms with E-state index in [9.17, 15) is 0 Å². The highest BCUT2D eigenvalue weighted by molar-refractivity contribution is 5.66. The Morgan fingerprint density at radius 2 is 2.14 bits per heavy atom. The first kappa shape index (κ1) is 8.43. The summed E-state index contributed by atoms with van der Waals surface area (Å²) in [6.07, 6.45) is 6.57. The minimum atomic E-state index is 0.748. The van der Waals surface area contributed by atoms with E-state index in [2.05, 4.69) is 27.2 Å². The predicted molar refractivity (Wildman–Crippen MR) is 52.7 cm³/mol. The van der Waals surface area contributed by atoms with Crippen molar-refractivity contribution in [1.82, 2.24) is 19.9 Å². The summed E-state index contributed by atoms with van der Waals surface area (Å²) >= 11 is 0. The zero-order valence-electron chi connectivity index (χ0n) is 7.46. The molecule has 0 aliphatic carbocycles. The van der Waals surface area contributed by atoms with Crippen LogP contribution in [0, 0.1) is 0 Å². The summed E-state index contributed by atoms with van der Waals surface area (Å²) < 4.78 is 1.62. The lowest BCUT2D eigenvalue weighted by molar-refractivity contribution is 0.956. The number of hydrogen-bond donors (Lipinski definition) is 1. The number of rotatable bonds is 3. The number of nitrogens with zero attached hydrogens (tertiary/aromatic N) is 4. The maximum Gasteiger partial charge on any atom is 0.139 e. The Bertz CT molecular complexity index is 406. The lowest BCUT2D eigenvalue weighted by Gasteiger charge is -2.08. The van der Waals surface area contributed by atoms with E-state index in [0.717, 1.165) is 11.3 Å². The molecule has 0 aliphatic heterocycles. The summed E-state index contributed by atoms with van der Waals surface area (Å²) in [7, 11) is 0. The van der Waals surface area contributed by atoms with Crippen molar-refractivity contribution in [1.29, 1.82) is 0 Å². The van der Waals surface area contributed by atoms with Crippen LogP contribution >= 0.6 is 0 Å². The monoisotopic (exact) mass is 187 g/mol. The highest BCUT2D eigenvalue weighted by Gasteiger charge is 1.97. The predicted octanol–water partition coefficient (Wildman–Crippen LogP) is 0.887. The standard InChI is InChI=1S/C9H9N5/c1-8(9-3-2-4-10-5-9)13-14-6-11-12-7-14/h2-7,13H,1H2. The molecule has 5 heteroatoms. The Morgan fingerprint density at radius 3 is 2.79 bits per heavy atom. The van der Waals surface area contributed by atoms with Crippen molar-refractivity contribution >= 4 is 5.70 Å². The fourth-order valence-electron chi connectivity index (χ4n) is 1.02. The van der Waals surface area contributed by atoms with Gasteiger partial charge in [-0.2, -0.15) is 0 Å². The van der Waals surface area contributed by atoms with Crippen LogP contribution < -0.4 is 5.43 Å². The van der Waals surface area contributed by atoms with Crippen molar-refractivity contribution < 1.29 is 0 Å². The highest BCUT2D eigenvalue weighted by atomic mass is 15.5. The van der Waals surface area contributed by atoms with Gasteiger partial charge in [0, 0.05) is 18.0 Å². The van der Waals surface area contributed by atoms with Crippen LogP contribution in [0.25, 0.3) is 5.70 Å².